The molecule has 30 heavy (non-hydrogen) atoms. The van der Waals surface area contributed by atoms with E-state index in [1.807, 2.05) is 0 Å². The smallest absolute Gasteiger partial charge is 0.313 e. The molecule has 2 amide bonds. The van der Waals surface area contributed by atoms with Gasteiger partial charge in [0.05, 0.1) is 7.11 Å². The number of nitrogens with zero attached hydrogens (tertiary/aromatic N) is 2. The lowest BCUT2D eigenvalue weighted by molar-refractivity contribution is -0.136. The molecule has 1 aliphatic heterocycles. The lowest BCUT2D eigenvalue weighted by Crippen LogP contribution is -2.48. The Hall–Kier alpha value is -2.90. The second-order valence-electron chi connectivity index (χ2n) is 7.54. The summed E-state index contributed by atoms with van der Waals surface area (Å²) in [6.45, 7) is 8.17. The summed E-state index contributed by atoms with van der Waals surface area (Å²) in [5.74, 6) is -0.594. The summed E-state index contributed by atoms with van der Waals surface area (Å²) in [6.07, 6.45) is 0. The number of piperazine rings is 1. The predicted octanol–water partition coefficient (Wildman–Crippen LogP) is 1.88. The Balaban J connectivity index is 1.32. The standard InChI is InChI=1S/C23H30N4O3/c1-18-3-5-19(6-4-18)17-27-15-13-26(14-16-27)12-11-24-22(28)23(29)25-20-7-9-21(30-2)10-8-20/h3-10H,11-17H2,1-2H3,(H,24,28)(H,25,29). The van der Waals surface area contributed by atoms with Crippen LogP contribution in [0.1, 0.15) is 11.1 Å². The fraction of sp³-hybridized carbons (Fsp3) is 0.391. The topological polar surface area (TPSA) is 73.9 Å². The highest BCUT2D eigenvalue weighted by atomic mass is 16.5. The molecule has 0 aromatic heterocycles. The number of rotatable bonds is 7. The molecule has 7 nitrogen and oxygen atoms in total. The van der Waals surface area contributed by atoms with Crippen molar-refractivity contribution < 1.29 is 14.3 Å². The van der Waals surface area contributed by atoms with Crippen molar-refractivity contribution in [2.45, 2.75) is 13.5 Å². The molecule has 1 heterocycles. The van der Waals surface area contributed by atoms with Crippen LogP contribution in [0.25, 0.3) is 0 Å². The molecule has 3 rings (SSSR count). The first-order chi connectivity index (χ1) is 14.5. The first kappa shape index (κ1) is 21.8. The summed E-state index contributed by atoms with van der Waals surface area (Å²) < 4.78 is 5.07. The third-order valence-corrected chi connectivity index (χ3v) is 5.26. The predicted molar refractivity (Wildman–Crippen MR) is 118 cm³/mol. The van der Waals surface area contributed by atoms with E-state index in [-0.39, 0.29) is 0 Å². The van der Waals surface area contributed by atoms with Gasteiger partial charge < -0.3 is 15.4 Å². The van der Waals surface area contributed by atoms with Crippen molar-refractivity contribution in [1.29, 1.82) is 0 Å². The summed E-state index contributed by atoms with van der Waals surface area (Å²) in [5.41, 5.74) is 3.17. The normalized spacial score (nSPS) is 14.9. The molecule has 0 atom stereocenters. The third kappa shape index (κ3) is 6.57. The minimum atomic E-state index is -0.664. The molecule has 0 bridgehead atoms. The van der Waals surface area contributed by atoms with Crippen LogP contribution in [0.5, 0.6) is 5.75 Å². The van der Waals surface area contributed by atoms with Crippen LogP contribution in [0.2, 0.25) is 0 Å². The number of benzene rings is 2. The number of amides is 2. The van der Waals surface area contributed by atoms with Gasteiger partial charge in [-0.25, -0.2) is 0 Å². The van der Waals surface area contributed by atoms with Gasteiger partial charge in [0.1, 0.15) is 5.75 Å². The summed E-state index contributed by atoms with van der Waals surface area (Å²) in [6, 6.07) is 15.5. The minimum Gasteiger partial charge on any atom is -0.497 e. The van der Waals surface area contributed by atoms with Crippen LogP contribution in [0.15, 0.2) is 48.5 Å². The number of methoxy groups -OCH3 is 1. The molecule has 160 valence electrons. The average molecular weight is 411 g/mol. The Morgan fingerprint density at radius 2 is 1.53 bits per heavy atom. The summed E-state index contributed by atoms with van der Waals surface area (Å²) in [4.78, 5) is 28.8. The van der Waals surface area contributed by atoms with Gasteiger partial charge in [-0.1, -0.05) is 29.8 Å². The van der Waals surface area contributed by atoms with E-state index in [0.29, 0.717) is 18.0 Å². The number of anilines is 1. The second kappa shape index (κ2) is 10.8. The van der Waals surface area contributed by atoms with Gasteiger partial charge in [-0.2, -0.15) is 0 Å². The highest BCUT2D eigenvalue weighted by Crippen LogP contribution is 2.14. The van der Waals surface area contributed by atoms with Crippen LogP contribution < -0.4 is 15.4 Å². The number of nitrogens with one attached hydrogen (secondary N) is 2. The van der Waals surface area contributed by atoms with Crippen LogP contribution in [0, 0.1) is 6.92 Å². The van der Waals surface area contributed by atoms with Gasteiger partial charge >= 0.3 is 11.8 Å². The van der Waals surface area contributed by atoms with Gasteiger partial charge in [-0.15, -0.1) is 0 Å². The van der Waals surface area contributed by atoms with Gasteiger partial charge in [-0.05, 0) is 36.8 Å². The Morgan fingerprint density at radius 3 is 2.17 bits per heavy atom. The summed E-state index contributed by atoms with van der Waals surface area (Å²) >= 11 is 0. The Labute approximate surface area is 178 Å². The van der Waals surface area contributed by atoms with Crippen LogP contribution >= 0.6 is 0 Å². The number of hydrogen-bond donors (Lipinski definition) is 2. The molecule has 0 saturated carbocycles. The van der Waals surface area contributed by atoms with Crippen molar-refractivity contribution in [2.24, 2.45) is 0 Å². The number of ether oxygens (including phenoxy) is 1. The van der Waals surface area contributed by atoms with Crippen molar-refractivity contribution in [3.05, 3.63) is 59.7 Å². The molecule has 2 aromatic rings. The molecule has 2 aromatic carbocycles. The number of aryl methyl sites for hydroxylation is 1. The van der Waals surface area contributed by atoms with Crippen LogP contribution in [0.4, 0.5) is 5.69 Å². The maximum Gasteiger partial charge on any atom is 0.313 e. The van der Waals surface area contributed by atoms with Gasteiger partial charge in [0.25, 0.3) is 0 Å². The Kier molecular flexibility index (Phi) is 7.82. The monoisotopic (exact) mass is 410 g/mol. The maximum atomic E-state index is 12.0. The SMILES string of the molecule is COc1ccc(NC(=O)C(=O)NCCN2CCN(Cc3ccc(C)cc3)CC2)cc1. The molecule has 0 radical (unpaired) electrons. The largest absolute Gasteiger partial charge is 0.497 e. The maximum absolute atomic E-state index is 12.0. The molecule has 0 aliphatic carbocycles. The van der Waals surface area contributed by atoms with Gasteiger partial charge in [0.2, 0.25) is 0 Å². The lowest BCUT2D eigenvalue weighted by atomic mass is 10.1. The third-order valence-electron chi connectivity index (χ3n) is 5.26. The molecule has 1 saturated heterocycles. The van der Waals surface area contributed by atoms with Crippen molar-refractivity contribution in [3.63, 3.8) is 0 Å². The van der Waals surface area contributed by atoms with Gasteiger partial charge in [-0.3, -0.25) is 19.4 Å². The molecular weight excluding hydrogens is 380 g/mol. The van der Waals surface area contributed by atoms with Crippen LogP contribution in [-0.4, -0.2) is 68.0 Å². The Bertz CT molecular complexity index is 829. The van der Waals surface area contributed by atoms with Crippen molar-refractivity contribution in [1.82, 2.24) is 15.1 Å². The fourth-order valence-corrected chi connectivity index (χ4v) is 3.39. The zero-order valence-electron chi connectivity index (χ0n) is 17.7. The van der Waals surface area contributed by atoms with Crippen molar-refractivity contribution >= 4 is 17.5 Å². The molecular formula is C23H30N4O3. The zero-order valence-corrected chi connectivity index (χ0v) is 17.7. The van der Waals surface area contributed by atoms with Crippen molar-refractivity contribution in [3.8, 4) is 5.75 Å². The highest BCUT2D eigenvalue weighted by Gasteiger charge is 2.18. The first-order valence-electron chi connectivity index (χ1n) is 10.3. The molecule has 0 spiro atoms. The van der Waals surface area contributed by atoms with E-state index in [1.165, 1.54) is 11.1 Å². The number of carbonyl (C=O) groups is 2. The van der Waals surface area contributed by atoms with E-state index in [4.69, 9.17) is 4.74 Å². The van der Waals surface area contributed by atoms with E-state index >= 15 is 0 Å². The molecule has 0 unspecified atom stereocenters. The zero-order chi connectivity index (χ0) is 21.3. The summed E-state index contributed by atoms with van der Waals surface area (Å²) in [7, 11) is 1.57. The number of hydrogen-bond acceptors (Lipinski definition) is 5. The Morgan fingerprint density at radius 1 is 0.900 bits per heavy atom. The van der Waals surface area contributed by atoms with Crippen LogP contribution in [0.3, 0.4) is 0 Å². The molecule has 2 N–H and O–H groups in total. The first-order valence-corrected chi connectivity index (χ1v) is 10.3. The minimum absolute atomic E-state index is 0.451. The van der Waals surface area contributed by atoms with Gasteiger partial charge in [0.15, 0.2) is 0 Å². The van der Waals surface area contributed by atoms with E-state index in [1.54, 1.807) is 31.4 Å². The molecule has 1 aliphatic rings. The molecule has 1 fully saturated rings. The number of carbonyl (C=O) groups excluding carboxylic acids is 2. The summed E-state index contributed by atoms with van der Waals surface area (Å²) in [5, 5.41) is 5.28. The lowest BCUT2D eigenvalue weighted by Gasteiger charge is -2.34. The molecule has 7 heteroatoms. The van der Waals surface area contributed by atoms with E-state index in [9.17, 15) is 9.59 Å². The van der Waals surface area contributed by atoms with E-state index < -0.39 is 11.8 Å². The quantitative estimate of drug-likeness (QED) is 0.682. The van der Waals surface area contributed by atoms with Gasteiger partial charge in [0, 0.05) is 51.5 Å². The highest BCUT2D eigenvalue weighted by molar-refractivity contribution is 6.39. The fourth-order valence-electron chi connectivity index (χ4n) is 3.39. The van der Waals surface area contributed by atoms with Crippen LogP contribution in [-0.2, 0) is 16.1 Å². The van der Waals surface area contributed by atoms with Crippen molar-refractivity contribution in [2.75, 3.05) is 51.7 Å². The average Bonchev–Trinajstić information content (AvgIpc) is 2.77. The van der Waals surface area contributed by atoms with E-state index in [2.05, 4.69) is 51.6 Å². The second-order valence-corrected chi connectivity index (χ2v) is 7.54. The van der Waals surface area contributed by atoms with E-state index in [0.717, 1.165) is 39.3 Å².